The van der Waals surface area contributed by atoms with E-state index in [0.717, 1.165) is 12.1 Å². The fraction of sp³-hybridized carbons (Fsp3) is 0.333. The van der Waals surface area contributed by atoms with Gasteiger partial charge in [0.1, 0.15) is 6.04 Å². The number of amides is 1. The van der Waals surface area contributed by atoms with Crippen LogP contribution in [0.2, 0.25) is 0 Å². The predicted octanol–water partition coefficient (Wildman–Crippen LogP) is 0.595. The van der Waals surface area contributed by atoms with Crippen molar-refractivity contribution in [3.63, 3.8) is 0 Å². The predicted molar refractivity (Wildman–Crippen MR) is 73.2 cm³/mol. The zero-order chi connectivity index (χ0) is 16.0. The molecule has 0 saturated carbocycles. The Morgan fingerprint density at radius 2 is 2.19 bits per heavy atom. The summed E-state index contributed by atoms with van der Waals surface area (Å²) in [6.07, 6.45) is 0.154. The molecule has 9 heteroatoms. The number of nitro groups is 1. The number of hydrogen-bond donors (Lipinski definition) is 3. The number of aliphatic carboxylic acids is 1. The number of nitro benzene ring substituents is 1. The zero-order valence-electron chi connectivity index (χ0n) is 11.2. The Labute approximate surface area is 119 Å². The van der Waals surface area contributed by atoms with E-state index in [0.29, 0.717) is 0 Å². The van der Waals surface area contributed by atoms with Crippen molar-refractivity contribution in [2.75, 3.05) is 19.0 Å². The van der Waals surface area contributed by atoms with E-state index < -0.39 is 22.8 Å². The molecule has 114 valence electrons. The van der Waals surface area contributed by atoms with Gasteiger partial charge in [0, 0.05) is 38.0 Å². The van der Waals surface area contributed by atoms with E-state index in [1.165, 1.54) is 13.2 Å². The first kappa shape index (κ1) is 16.4. The molecule has 9 nitrogen and oxygen atoms in total. The van der Waals surface area contributed by atoms with Gasteiger partial charge in [-0.05, 0) is 6.07 Å². The van der Waals surface area contributed by atoms with Gasteiger partial charge in [0.05, 0.1) is 10.5 Å². The van der Waals surface area contributed by atoms with Gasteiger partial charge in [-0.25, -0.2) is 4.79 Å². The molecule has 4 N–H and O–H groups in total. The monoisotopic (exact) mass is 297 g/mol. The van der Waals surface area contributed by atoms with E-state index in [1.807, 2.05) is 0 Å². The summed E-state index contributed by atoms with van der Waals surface area (Å²) in [4.78, 5) is 32.5. The second kappa shape index (κ2) is 7.20. The second-order valence-electron chi connectivity index (χ2n) is 4.17. The fourth-order valence-electron chi connectivity index (χ4n) is 1.66. The summed E-state index contributed by atoms with van der Waals surface area (Å²) in [5.74, 6) is -2.03. The molecule has 1 aromatic rings. The first-order valence-corrected chi connectivity index (χ1v) is 5.93. The standard InChI is InChI=1S/C12H15N3O6/c1-21-5-4-10(12(17)18)14-9-3-2-7(15(19)20)6-8(9)11(13)16/h2-3,6,10,14H,4-5H2,1H3,(H2,13,16)(H,17,18). The van der Waals surface area contributed by atoms with Crippen LogP contribution in [0.4, 0.5) is 11.4 Å². The Balaban J connectivity index is 3.07. The normalized spacial score (nSPS) is 11.7. The number of primary amides is 1. The third kappa shape index (κ3) is 4.42. The highest BCUT2D eigenvalue weighted by Crippen LogP contribution is 2.23. The molecular weight excluding hydrogens is 282 g/mol. The highest BCUT2D eigenvalue weighted by Gasteiger charge is 2.21. The van der Waals surface area contributed by atoms with Crippen LogP contribution >= 0.6 is 0 Å². The SMILES string of the molecule is COCCC(Nc1ccc([N+](=O)[O-])cc1C(N)=O)C(=O)O. The summed E-state index contributed by atoms with van der Waals surface area (Å²) in [7, 11) is 1.43. The van der Waals surface area contributed by atoms with E-state index in [4.69, 9.17) is 15.6 Å². The maximum Gasteiger partial charge on any atom is 0.326 e. The van der Waals surface area contributed by atoms with Gasteiger partial charge in [-0.1, -0.05) is 0 Å². The third-order valence-electron chi connectivity index (χ3n) is 2.72. The maximum atomic E-state index is 11.3. The molecule has 1 unspecified atom stereocenters. The fourth-order valence-corrected chi connectivity index (χ4v) is 1.66. The molecule has 0 radical (unpaired) electrons. The number of carboxylic acid groups (broad SMARTS) is 1. The number of carbonyl (C=O) groups excluding carboxylic acids is 1. The third-order valence-corrected chi connectivity index (χ3v) is 2.72. The largest absolute Gasteiger partial charge is 0.480 e. The molecule has 0 saturated heterocycles. The van der Waals surface area contributed by atoms with E-state index in [-0.39, 0.29) is 30.0 Å². The molecule has 1 aromatic carbocycles. The Bertz CT molecular complexity index is 560. The van der Waals surface area contributed by atoms with Crippen LogP contribution in [-0.2, 0) is 9.53 Å². The zero-order valence-corrected chi connectivity index (χ0v) is 11.2. The first-order chi connectivity index (χ1) is 9.86. The molecule has 0 spiro atoms. The molecule has 0 aromatic heterocycles. The van der Waals surface area contributed by atoms with Gasteiger partial charge in [-0.2, -0.15) is 0 Å². The second-order valence-corrected chi connectivity index (χ2v) is 4.17. The Morgan fingerprint density at radius 1 is 1.52 bits per heavy atom. The van der Waals surface area contributed by atoms with Crippen molar-refractivity contribution in [3.8, 4) is 0 Å². The minimum atomic E-state index is -1.14. The van der Waals surface area contributed by atoms with Crippen molar-refractivity contribution in [3.05, 3.63) is 33.9 Å². The van der Waals surface area contributed by atoms with Gasteiger partial charge in [0.25, 0.3) is 11.6 Å². The summed E-state index contributed by atoms with van der Waals surface area (Å²) in [6, 6.07) is 2.40. The van der Waals surface area contributed by atoms with E-state index in [9.17, 15) is 19.7 Å². The number of carbonyl (C=O) groups is 2. The number of methoxy groups -OCH3 is 1. The molecule has 1 atom stereocenters. The van der Waals surface area contributed by atoms with Crippen molar-refractivity contribution < 1.29 is 24.4 Å². The van der Waals surface area contributed by atoms with Crippen LogP contribution < -0.4 is 11.1 Å². The van der Waals surface area contributed by atoms with Crippen LogP contribution in [0.5, 0.6) is 0 Å². The van der Waals surface area contributed by atoms with E-state index >= 15 is 0 Å². The van der Waals surface area contributed by atoms with Crippen LogP contribution in [0.1, 0.15) is 16.8 Å². The highest BCUT2D eigenvalue weighted by molar-refractivity contribution is 5.99. The highest BCUT2D eigenvalue weighted by atomic mass is 16.6. The van der Waals surface area contributed by atoms with E-state index in [2.05, 4.69) is 5.32 Å². The quantitative estimate of drug-likeness (QED) is 0.470. The van der Waals surface area contributed by atoms with Crippen LogP contribution in [-0.4, -0.2) is 41.7 Å². The van der Waals surface area contributed by atoms with Crippen molar-refractivity contribution in [1.82, 2.24) is 0 Å². The maximum absolute atomic E-state index is 11.3. The number of rotatable bonds is 8. The van der Waals surface area contributed by atoms with Crippen molar-refractivity contribution in [1.29, 1.82) is 0 Å². The number of benzene rings is 1. The molecule has 0 fully saturated rings. The minimum Gasteiger partial charge on any atom is -0.480 e. The average molecular weight is 297 g/mol. The molecule has 1 rings (SSSR count). The number of non-ortho nitro benzene ring substituents is 1. The summed E-state index contributed by atoms with van der Waals surface area (Å²) < 4.78 is 4.80. The van der Waals surface area contributed by atoms with Gasteiger partial charge in [0.2, 0.25) is 0 Å². The summed E-state index contributed by atoms with van der Waals surface area (Å²) in [6.45, 7) is 0.197. The Hall–Kier alpha value is -2.68. The van der Waals surface area contributed by atoms with Gasteiger partial charge in [-0.15, -0.1) is 0 Å². The number of ether oxygens (including phenoxy) is 1. The average Bonchev–Trinajstić information content (AvgIpc) is 2.42. The number of nitrogens with two attached hydrogens (primary N) is 1. The molecule has 0 aliphatic rings. The lowest BCUT2D eigenvalue weighted by molar-refractivity contribution is -0.384. The van der Waals surface area contributed by atoms with Crippen LogP contribution in [0.3, 0.4) is 0 Å². The van der Waals surface area contributed by atoms with E-state index in [1.54, 1.807) is 0 Å². The summed E-state index contributed by atoms with van der Waals surface area (Å²) in [5.41, 5.74) is 4.83. The minimum absolute atomic E-state index is 0.122. The summed E-state index contributed by atoms with van der Waals surface area (Å²) in [5, 5.41) is 22.4. The van der Waals surface area contributed by atoms with Crippen molar-refractivity contribution in [2.45, 2.75) is 12.5 Å². The molecule has 0 aliphatic carbocycles. The van der Waals surface area contributed by atoms with Gasteiger partial charge < -0.3 is 20.9 Å². The molecule has 0 aliphatic heterocycles. The molecular formula is C12H15N3O6. The molecule has 1 amide bonds. The first-order valence-electron chi connectivity index (χ1n) is 5.93. The number of nitrogens with one attached hydrogen (secondary N) is 1. The van der Waals surface area contributed by atoms with Gasteiger partial charge in [-0.3, -0.25) is 14.9 Å². The number of nitrogens with zero attached hydrogens (tertiary/aromatic N) is 1. The molecule has 21 heavy (non-hydrogen) atoms. The van der Waals surface area contributed by atoms with Crippen LogP contribution in [0, 0.1) is 10.1 Å². The lowest BCUT2D eigenvalue weighted by Crippen LogP contribution is -2.31. The van der Waals surface area contributed by atoms with Gasteiger partial charge in [0.15, 0.2) is 0 Å². The lowest BCUT2D eigenvalue weighted by Gasteiger charge is -2.17. The topological polar surface area (TPSA) is 145 Å². The number of hydrogen-bond acceptors (Lipinski definition) is 6. The number of carboxylic acids is 1. The van der Waals surface area contributed by atoms with Gasteiger partial charge >= 0.3 is 5.97 Å². The summed E-state index contributed by atoms with van der Waals surface area (Å²) >= 11 is 0. The number of anilines is 1. The van der Waals surface area contributed by atoms with Crippen LogP contribution in [0.25, 0.3) is 0 Å². The lowest BCUT2D eigenvalue weighted by atomic mass is 10.1. The van der Waals surface area contributed by atoms with Crippen molar-refractivity contribution >= 4 is 23.3 Å². The Kier molecular flexibility index (Phi) is 5.61. The van der Waals surface area contributed by atoms with Crippen LogP contribution in [0.15, 0.2) is 18.2 Å². The Morgan fingerprint density at radius 3 is 2.67 bits per heavy atom. The molecule has 0 heterocycles. The molecule has 0 bridgehead atoms. The smallest absolute Gasteiger partial charge is 0.326 e. The van der Waals surface area contributed by atoms with Crippen molar-refractivity contribution in [2.24, 2.45) is 5.73 Å².